The number of carbonyl (C=O) groups is 1. The molecule has 6 heteroatoms. The summed E-state index contributed by atoms with van der Waals surface area (Å²) in [4.78, 5) is 12.2. The molecule has 0 aliphatic carbocycles. The Balaban J connectivity index is 2.15. The minimum absolute atomic E-state index is 0.139. The van der Waals surface area contributed by atoms with E-state index in [9.17, 15) is 13.2 Å². The van der Waals surface area contributed by atoms with Crippen molar-refractivity contribution >= 4 is 21.6 Å². The quantitative estimate of drug-likeness (QED) is 0.925. The Hall–Kier alpha value is -1.56. The molecule has 0 spiro atoms. The van der Waals surface area contributed by atoms with Gasteiger partial charge in [-0.3, -0.25) is 9.10 Å². The summed E-state index contributed by atoms with van der Waals surface area (Å²) in [5, 5.41) is 2.97. The van der Waals surface area contributed by atoms with E-state index in [4.69, 9.17) is 0 Å². The monoisotopic (exact) mass is 324 g/mol. The van der Waals surface area contributed by atoms with Gasteiger partial charge in [0.2, 0.25) is 10.0 Å². The van der Waals surface area contributed by atoms with E-state index in [0.717, 1.165) is 12.8 Å². The van der Waals surface area contributed by atoms with E-state index in [-0.39, 0.29) is 17.2 Å². The Morgan fingerprint density at radius 3 is 2.41 bits per heavy atom. The van der Waals surface area contributed by atoms with E-state index in [0.29, 0.717) is 24.2 Å². The molecule has 1 aliphatic rings. The topological polar surface area (TPSA) is 66.5 Å². The number of hydrogen-bond donors (Lipinski definition) is 1. The molecule has 1 fully saturated rings. The lowest BCUT2D eigenvalue weighted by molar-refractivity contribution is 0.0911. The Morgan fingerprint density at radius 2 is 1.86 bits per heavy atom. The van der Waals surface area contributed by atoms with E-state index in [2.05, 4.69) is 5.32 Å². The van der Waals surface area contributed by atoms with Crippen LogP contribution in [0.2, 0.25) is 0 Å². The zero-order valence-electron chi connectivity index (χ0n) is 13.4. The first-order valence-corrected chi connectivity index (χ1v) is 9.29. The highest BCUT2D eigenvalue weighted by molar-refractivity contribution is 7.92. The zero-order valence-corrected chi connectivity index (χ0v) is 14.2. The third kappa shape index (κ3) is 3.80. The second kappa shape index (κ2) is 6.28. The van der Waals surface area contributed by atoms with Crippen molar-refractivity contribution in [2.24, 2.45) is 0 Å². The lowest BCUT2D eigenvalue weighted by atomic mass is 10.0. The van der Waals surface area contributed by atoms with Gasteiger partial charge in [-0.05, 0) is 57.4 Å². The highest BCUT2D eigenvalue weighted by Gasteiger charge is 2.26. The number of hydrogen-bond acceptors (Lipinski definition) is 3. The van der Waals surface area contributed by atoms with Gasteiger partial charge in [0.15, 0.2) is 0 Å². The number of nitrogens with one attached hydrogen (secondary N) is 1. The lowest BCUT2D eigenvalue weighted by Crippen LogP contribution is -2.42. The lowest BCUT2D eigenvalue weighted by Gasteiger charge is -2.28. The van der Waals surface area contributed by atoms with Crippen LogP contribution in [0, 0.1) is 0 Å². The van der Waals surface area contributed by atoms with Crippen LogP contribution in [-0.2, 0) is 10.0 Å². The molecule has 1 amide bonds. The summed E-state index contributed by atoms with van der Waals surface area (Å²) in [6.07, 6.45) is 2.42. The summed E-state index contributed by atoms with van der Waals surface area (Å²) in [5.74, 6) is 0.0554. The molecule has 0 atom stereocenters. The van der Waals surface area contributed by atoms with Crippen molar-refractivity contribution in [3.63, 3.8) is 0 Å². The predicted octanol–water partition coefficient (Wildman–Crippen LogP) is 2.54. The van der Waals surface area contributed by atoms with Crippen LogP contribution in [-0.4, -0.2) is 32.2 Å². The molecule has 0 aromatic heterocycles. The van der Waals surface area contributed by atoms with Crippen LogP contribution in [0.25, 0.3) is 0 Å². The minimum Gasteiger partial charge on any atom is -0.347 e. The molecule has 0 unspecified atom stereocenters. The van der Waals surface area contributed by atoms with Gasteiger partial charge in [0.25, 0.3) is 5.91 Å². The molecule has 0 radical (unpaired) electrons. The van der Waals surface area contributed by atoms with Crippen LogP contribution in [0.15, 0.2) is 24.3 Å². The highest BCUT2D eigenvalue weighted by atomic mass is 32.2. The summed E-state index contributed by atoms with van der Waals surface area (Å²) >= 11 is 0. The maximum atomic E-state index is 12.2. The van der Waals surface area contributed by atoms with Crippen LogP contribution < -0.4 is 9.62 Å². The number of benzene rings is 1. The van der Waals surface area contributed by atoms with Gasteiger partial charge in [0, 0.05) is 17.6 Å². The Labute approximate surface area is 132 Å². The fourth-order valence-electron chi connectivity index (χ4n) is 2.33. The molecule has 0 saturated carbocycles. The van der Waals surface area contributed by atoms with Crippen LogP contribution in [0.4, 0.5) is 5.69 Å². The average Bonchev–Trinajstić information content (AvgIpc) is 2.46. The van der Waals surface area contributed by atoms with Gasteiger partial charge in [-0.1, -0.05) is 6.92 Å². The van der Waals surface area contributed by atoms with Gasteiger partial charge in [0.1, 0.15) is 0 Å². The molecular formula is C16H24N2O3S. The summed E-state index contributed by atoms with van der Waals surface area (Å²) < 4.78 is 25.6. The maximum Gasteiger partial charge on any atom is 0.251 e. The molecule has 1 aromatic carbocycles. The maximum absolute atomic E-state index is 12.2. The first-order valence-electron chi connectivity index (χ1n) is 7.68. The highest BCUT2D eigenvalue weighted by Crippen LogP contribution is 2.24. The molecule has 1 N–H and O–H groups in total. The Morgan fingerprint density at radius 1 is 1.23 bits per heavy atom. The molecule has 1 heterocycles. The molecule has 0 bridgehead atoms. The molecule has 1 aromatic rings. The van der Waals surface area contributed by atoms with E-state index < -0.39 is 10.0 Å². The molecule has 122 valence electrons. The van der Waals surface area contributed by atoms with Crippen LogP contribution in [0.1, 0.15) is 50.4 Å². The van der Waals surface area contributed by atoms with Crippen molar-refractivity contribution < 1.29 is 13.2 Å². The van der Waals surface area contributed by atoms with Gasteiger partial charge < -0.3 is 5.32 Å². The number of sulfonamides is 1. The van der Waals surface area contributed by atoms with Gasteiger partial charge in [0.05, 0.1) is 11.4 Å². The largest absolute Gasteiger partial charge is 0.347 e. The average molecular weight is 324 g/mol. The van der Waals surface area contributed by atoms with Crippen molar-refractivity contribution in [1.29, 1.82) is 0 Å². The van der Waals surface area contributed by atoms with Crippen molar-refractivity contribution in [3.8, 4) is 0 Å². The molecule has 22 heavy (non-hydrogen) atoms. The fourth-order valence-corrected chi connectivity index (χ4v) is 3.97. The number of carbonyl (C=O) groups excluding carboxylic acids is 1. The second-order valence-corrected chi connectivity index (χ2v) is 8.35. The smallest absolute Gasteiger partial charge is 0.251 e. The van der Waals surface area contributed by atoms with Crippen molar-refractivity contribution in [3.05, 3.63) is 29.8 Å². The number of amides is 1. The molecule has 5 nitrogen and oxygen atoms in total. The summed E-state index contributed by atoms with van der Waals surface area (Å²) in [6.45, 7) is 6.47. The van der Waals surface area contributed by atoms with Gasteiger partial charge in [-0.15, -0.1) is 0 Å². The van der Waals surface area contributed by atoms with Crippen LogP contribution in [0.5, 0.6) is 0 Å². The van der Waals surface area contributed by atoms with Crippen LogP contribution >= 0.6 is 0 Å². The molecule has 2 rings (SSSR count). The van der Waals surface area contributed by atoms with E-state index >= 15 is 0 Å². The summed E-state index contributed by atoms with van der Waals surface area (Å²) in [6, 6.07) is 6.77. The molecule has 1 saturated heterocycles. The standard InChI is InChI=1S/C16H24N2O3S/c1-4-16(2,3)17-15(19)13-7-9-14(10-8-13)18-11-5-6-12-22(18,20)21/h7-10H,4-6,11-12H2,1-3H3,(H,17,19). The first kappa shape index (κ1) is 16.8. The van der Waals surface area contributed by atoms with Gasteiger partial charge in [-0.25, -0.2) is 8.42 Å². The number of anilines is 1. The zero-order chi connectivity index (χ0) is 16.4. The van der Waals surface area contributed by atoms with Crippen molar-refractivity contribution in [2.75, 3.05) is 16.6 Å². The molecule has 1 aliphatic heterocycles. The number of nitrogens with zero attached hydrogens (tertiary/aromatic N) is 1. The Bertz CT molecular complexity index is 636. The number of rotatable bonds is 4. The third-order valence-corrected chi connectivity index (χ3v) is 5.97. The first-order chi connectivity index (χ1) is 10.2. The fraction of sp³-hybridized carbons (Fsp3) is 0.562. The van der Waals surface area contributed by atoms with E-state index in [1.165, 1.54) is 4.31 Å². The molecular weight excluding hydrogens is 300 g/mol. The van der Waals surface area contributed by atoms with Crippen molar-refractivity contribution in [2.45, 2.75) is 45.6 Å². The minimum atomic E-state index is -3.21. The van der Waals surface area contributed by atoms with Gasteiger partial charge >= 0.3 is 0 Å². The second-order valence-electron chi connectivity index (χ2n) is 6.33. The summed E-state index contributed by atoms with van der Waals surface area (Å²) in [7, 11) is -3.21. The summed E-state index contributed by atoms with van der Waals surface area (Å²) in [5.41, 5.74) is 0.914. The van der Waals surface area contributed by atoms with Crippen LogP contribution in [0.3, 0.4) is 0 Å². The van der Waals surface area contributed by atoms with Crippen molar-refractivity contribution in [1.82, 2.24) is 5.32 Å². The third-order valence-electron chi connectivity index (χ3n) is 4.10. The SMILES string of the molecule is CCC(C)(C)NC(=O)c1ccc(N2CCCCS2(=O)=O)cc1. The normalized spacial score (nSPS) is 18.0. The Kier molecular flexibility index (Phi) is 4.80. The van der Waals surface area contributed by atoms with E-state index in [1.807, 2.05) is 20.8 Å². The predicted molar refractivity (Wildman–Crippen MR) is 88.6 cm³/mol. The van der Waals surface area contributed by atoms with Gasteiger partial charge in [-0.2, -0.15) is 0 Å². The van der Waals surface area contributed by atoms with E-state index in [1.54, 1.807) is 24.3 Å².